The Morgan fingerprint density at radius 1 is 1.25 bits per heavy atom. The standard InChI is InChI=1S/C15H19N3O2/c1-12-9-13(4-6-16-7-8-19)11-14(10-12)20-15-3-2-5-17-18-15/h2-3,5,9-11,16,19H,4,6-8H2,1H3. The maximum absolute atomic E-state index is 8.72. The maximum atomic E-state index is 8.72. The zero-order valence-electron chi connectivity index (χ0n) is 11.5. The molecule has 0 radical (unpaired) electrons. The third kappa shape index (κ3) is 4.60. The largest absolute Gasteiger partial charge is 0.438 e. The Morgan fingerprint density at radius 3 is 2.90 bits per heavy atom. The summed E-state index contributed by atoms with van der Waals surface area (Å²) in [5.74, 6) is 1.25. The lowest BCUT2D eigenvalue weighted by Crippen LogP contribution is -2.20. The average Bonchev–Trinajstić information content (AvgIpc) is 2.44. The van der Waals surface area contributed by atoms with E-state index in [2.05, 4.69) is 21.6 Å². The van der Waals surface area contributed by atoms with Crippen LogP contribution in [0.1, 0.15) is 11.1 Å². The molecular formula is C15H19N3O2. The molecule has 0 aliphatic heterocycles. The molecule has 0 atom stereocenters. The van der Waals surface area contributed by atoms with Gasteiger partial charge < -0.3 is 15.2 Å². The lowest BCUT2D eigenvalue weighted by molar-refractivity contribution is 0.293. The van der Waals surface area contributed by atoms with Crippen LogP contribution in [0.15, 0.2) is 36.5 Å². The summed E-state index contributed by atoms with van der Waals surface area (Å²) in [4.78, 5) is 0. The van der Waals surface area contributed by atoms with Gasteiger partial charge in [0.1, 0.15) is 5.75 Å². The van der Waals surface area contributed by atoms with Crippen LogP contribution in [0.5, 0.6) is 11.6 Å². The van der Waals surface area contributed by atoms with Gasteiger partial charge in [-0.3, -0.25) is 0 Å². The molecule has 0 aliphatic rings. The molecule has 0 saturated heterocycles. The van der Waals surface area contributed by atoms with Crippen molar-refractivity contribution in [2.24, 2.45) is 0 Å². The second-order valence-electron chi connectivity index (χ2n) is 4.54. The molecule has 5 nitrogen and oxygen atoms in total. The monoisotopic (exact) mass is 273 g/mol. The topological polar surface area (TPSA) is 67.3 Å². The van der Waals surface area contributed by atoms with Gasteiger partial charge >= 0.3 is 0 Å². The van der Waals surface area contributed by atoms with E-state index >= 15 is 0 Å². The predicted octanol–water partition coefficient (Wildman–Crippen LogP) is 1.70. The molecule has 0 spiro atoms. The molecule has 0 bridgehead atoms. The molecule has 0 fully saturated rings. The first-order chi connectivity index (χ1) is 9.78. The van der Waals surface area contributed by atoms with Gasteiger partial charge in [0.2, 0.25) is 5.88 Å². The fourth-order valence-corrected chi connectivity index (χ4v) is 1.93. The van der Waals surface area contributed by atoms with Crippen molar-refractivity contribution < 1.29 is 9.84 Å². The first-order valence-electron chi connectivity index (χ1n) is 6.65. The summed E-state index contributed by atoms with van der Waals surface area (Å²) in [6.07, 6.45) is 2.50. The fourth-order valence-electron chi connectivity index (χ4n) is 1.93. The Hall–Kier alpha value is -1.98. The van der Waals surface area contributed by atoms with Crippen molar-refractivity contribution in [2.45, 2.75) is 13.3 Å². The Morgan fingerprint density at radius 2 is 2.15 bits per heavy atom. The number of aromatic nitrogens is 2. The van der Waals surface area contributed by atoms with Crippen molar-refractivity contribution in [3.05, 3.63) is 47.7 Å². The molecule has 2 aromatic rings. The quantitative estimate of drug-likeness (QED) is 0.752. The summed E-state index contributed by atoms with van der Waals surface area (Å²) in [5, 5.41) is 19.6. The Bertz CT molecular complexity index is 532. The number of hydrogen-bond acceptors (Lipinski definition) is 5. The highest BCUT2D eigenvalue weighted by Crippen LogP contribution is 2.22. The molecule has 1 heterocycles. The molecule has 20 heavy (non-hydrogen) atoms. The molecular weight excluding hydrogens is 254 g/mol. The summed E-state index contributed by atoms with van der Waals surface area (Å²) in [5.41, 5.74) is 2.33. The van der Waals surface area contributed by atoms with E-state index in [1.165, 1.54) is 5.56 Å². The molecule has 0 aliphatic carbocycles. The van der Waals surface area contributed by atoms with E-state index in [0.717, 1.165) is 24.3 Å². The van der Waals surface area contributed by atoms with Crippen molar-refractivity contribution in [3.63, 3.8) is 0 Å². The van der Waals surface area contributed by atoms with Gasteiger partial charge in [0.05, 0.1) is 6.61 Å². The van der Waals surface area contributed by atoms with Crippen LogP contribution in [-0.2, 0) is 6.42 Å². The first kappa shape index (κ1) is 14.4. The number of aliphatic hydroxyl groups excluding tert-OH is 1. The third-order valence-corrected chi connectivity index (χ3v) is 2.76. The minimum atomic E-state index is 0.162. The number of ether oxygens (including phenoxy) is 1. The van der Waals surface area contributed by atoms with Gasteiger partial charge in [-0.2, -0.15) is 5.10 Å². The Labute approximate surface area is 118 Å². The van der Waals surface area contributed by atoms with Crippen LogP contribution in [-0.4, -0.2) is 35.0 Å². The van der Waals surface area contributed by atoms with Gasteiger partial charge in [0, 0.05) is 18.8 Å². The SMILES string of the molecule is Cc1cc(CCNCCO)cc(Oc2cccnn2)c1. The summed E-state index contributed by atoms with van der Waals surface area (Å²) in [7, 11) is 0. The van der Waals surface area contributed by atoms with Crippen molar-refractivity contribution in [3.8, 4) is 11.6 Å². The van der Waals surface area contributed by atoms with Crippen molar-refractivity contribution in [1.29, 1.82) is 0 Å². The van der Waals surface area contributed by atoms with E-state index in [1.807, 2.05) is 19.1 Å². The smallest absolute Gasteiger partial charge is 0.238 e. The van der Waals surface area contributed by atoms with Crippen molar-refractivity contribution in [2.75, 3.05) is 19.7 Å². The van der Waals surface area contributed by atoms with Gasteiger partial charge in [-0.25, -0.2) is 0 Å². The minimum absolute atomic E-state index is 0.162. The minimum Gasteiger partial charge on any atom is -0.438 e. The third-order valence-electron chi connectivity index (χ3n) is 2.76. The van der Waals surface area contributed by atoms with Crippen LogP contribution in [0.2, 0.25) is 0 Å². The molecule has 0 amide bonds. The molecule has 0 saturated carbocycles. The predicted molar refractivity (Wildman–Crippen MR) is 76.9 cm³/mol. The van der Waals surface area contributed by atoms with E-state index in [0.29, 0.717) is 12.4 Å². The van der Waals surface area contributed by atoms with Gasteiger partial charge in [-0.1, -0.05) is 6.07 Å². The second-order valence-corrected chi connectivity index (χ2v) is 4.54. The molecule has 5 heteroatoms. The number of benzene rings is 1. The molecule has 1 aromatic carbocycles. The zero-order valence-corrected chi connectivity index (χ0v) is 11.5. The number of rotatable bonds is 7. The van der Waals surface area contributed by atoms with Crippen LogP contribution in [0.4, 0.5) is 0 Å². The lowest BCUT2D eigenvalue weighted by atomic mass is 10.1. The molecule has 0 unspecified atom stereocenters. The summed E-state index contributed by atoms with van der Waals surface area (Å²) in [6.45, 7) is 3.65. The van der Waals surface area contributed by atoms with Crippen LogP contribution in [0.25, 0.3) is 0 Å². The number of aliphatic hydroxyl groups is 1. The van der Waals surface area contributed by atoms with E-state index in [9.17, 15) is 0 Å². The molecule has 2 N–H and O–H groups in total. The number of aryl methyl sites for hydroxylation is 1. The van der Waals surface area contributed by atoms with E-state index in [-0.39, 0.29) is 6.61 Å². The summed E-state index contributed by atoms with van der Waals surface area (Å²) < 4.78 is 5.69. The number of nitrogens with one attached hydrogen (secondary N) is 1. The van der Waals surface area contributed by atoms with Crippen molar-refractivity contribution >= 4 is 0 Å². The van der Waals surface area contributed by atoms with Crippen LogP contribution in [0.3, 0.4) is 0 Å². The second kappa shape index (κ2) is 7.57. The summed E-state index contributed by atoms with van der Waals surface area (Å²) >= 11 is 0. The van der Waals surface area contributed by atoms with E-state index < -0.39 is 0 Å². The van der Waals surface area contributed by atoms with Crippen molar-refractivity contribution in [1.82, 2.24) is 15.5 Å². The average molecular weight is 273 g/mol. The highest BCUT2D eigenvalue weighted by atomic mass is 16.5. The molecule has 1 aromatic heterocycles. The fraction of sp³-hybridized carbons (Fsp3) is 0.333. The van der Waals surface area contributed by atoms with E-state index in [1.54, 1.807) is 18.3 Å². The highest BCUT2D eigenvalue weighted by molar-refractivity contribution is 5.36. The first-order valence-corrected chi connectivity index (χ1v) is 6.65. The highest BCUT2D eigenvalue weighted by Gasteiger charge is 2.02. The van der Waals surface area contributed by atoms with Gasteiger partial charge in [-0.05, 0) is 49.2 Å². The van der Waals surface area contributed by atoms with Crippen LogP contribution in [0, 0.1) is 6.92 Å². The Kier molecular flexibility index (Phi) is 5.46. The van der Waals surface area contributed by atoms with Crippen LogP contribution >= 0.6 is 0 Å². The summed E-state index contributed by atoms with van der Waals surface area (Å²) in [6, 6.07) is 9.67. The molecule has 106 valence electrons. The van der Waals surface area contributed by atoms with E-state index in [4.69, 9.17) is 9.84 Å². The zero-order chi connectivity index (χ0) is 14.2. The maximum Gasteiger partial charge on any atom is 0.238 e. The van der Waals surface area contributed by atoms with Crippen LogP contribution < -0.4 is 10.1 Å². The lowest BCUT2D eigenvalue weighted by Gasteiger charge is -2.09. The molecule has 2 rings (SSSR count). The van der Waals surface area contributed by atoms with Gasteiger partial charge in [0.15, 0.2) is 0 Å². The normalized spacial score (nSPS) is 10.5. The Balaban J connectivity index is 2.01. The van der Waals surface area contributed by atoms with Gasteiger partial charge in [-0.15, -0.1) is 5.10 Å². The number of hydrogen-bond donors (Lipinski definition) is 2. The van der Waals surface area contributed by atoms with Gasteiger partial charge in [0.25, 0.3) is 0 Å². The number of nitrogens with zero attached hydrogens (tertiary/aromatic N) is 2.